The summed E-state index contributed by atoms with van der Waals surface area (Å²) in [6.07, 6.45) is 0. The SMILES string of the molecule is Cc1ccc(-c2onc(C)c2C(=O)O)cc1. The van der Waals surface area contributed by atoms with Crippen LogP contribution in [-0.2, 0) is 0 Å². The molecule has 0 aliphatic heterocycles. The molecule has 0 aliphatic carbocycles. The fourth-order valence-corrected chi connectivity index (χ4v) is 1.52. The second-order valence-corrected chi connectivity index (χ2v) is 3.64. The van der Waals surface area contributed by atoms with Crippen LogP contribution in [0.25, 0.3) is 11.3 Å². The Hall–Kier alpha value is -2.10. The maximum atomic E-state index is 11.0. The molecule has 82 valence electrons. The highest BCUT2D eigenvalue weighted by molar-refractivity contribution is 5.95. The lowest BCUT2D eigenvalue weighted by atomic mass is 10.1. The number of rotatable bonds is 2. The van der Waals surface area contributed by atoms with Crippen molar-refractivity contribution in [1.29, 1.82) is 0 Å². The molecule has 0 atom stereocenters. The molecule has 0 bridgehead atoms. The maximum Gasteiger partial charge on any atom is 0.341 e. The highest BCUT2D eigenvalue weighted by Gasteiger charge is 2.20. The van der Waals surface area contributed by atoms with E-state index in [0.29, 0.717) is 11.5 Å². The summed E-state index contributed by atoms with van der Waals surface area (Å²) in [5.74, 6) is -0.709. The Balaban J connectivity index is 2.56. The summed E-state index contributed by atoms with van der Waals surface area (Å²) in [7, 11) is 0. The zero-order valence-electron chi connectivity index (χ0n) is 9.02. The van der Waals surface area contributed by atoms with E-state index in [1.807, 2.05) is 31.2 Å². The van der Waals surface area contributed by atoms with Crippen LogP contribution in [0.5, 0.6) is 0 Å². The molecule has 0 aliphatic rings. The number of hydrogen-bond donors (Lipinski definition) is 1. The summed E-state index contributed by atoms with van der Waals surface area (Å²) in [6, 6.07) is 7.45. The summed E-state index contributed by atoms with van der Waals surface area (Å²) in [4.78, 5) is 11.0. The number of benzene rings is 1. The van der Waals surface area contributed by atoms with Crippen LogP contribution in [0.4, 0.5) is 0 Å². The lowest BCUT2D eigenvalue weighted by Crippen LogP contribution is -1.98. The lowest BCUT2D eigenvalue weighted by Gasteiger charge is -1.98. The molecule has 0 saturated carbocycles. The van der Waals surface area contributed by atoms with Crippen molar-refractivity contribution >= 4 is 5.97 Å². The number of carboxylic acids is 1. The van der Waals surface area contributed by atoms with Gasteiger partial charge in [0.25, 0.3) is 0 Å². The van der Waals surface area contributed by atoms with Gasteiger partial charge >= 0.3 is 5.97 Å². The van der Waals surface area contributed by atoms with Gasteiger partial charge in [0.1, 0.15) is 5.56 Å². The normalized spacial score (nSPS) is 10.4. The molecule has 2 aromatic rings. The fourth-order valence-electron chi connectivity index (χ4n) is 1.52. The van der Waals surface area contributed by atoms with Crippen LogP contribution in [0, 0.1) is 13.8 Å². The Kier molecular flexibility index (Phi) is 2.48. The van der Waals surface area contributed by atoms with E-state index in [1.165, 1.54) is 0 Å². The van der Waals surface area contributed by atoms with Gasteiger partial charge in [-0.3, -0.25) is 0 Å². The number of nitrogens with zero attached hydrogens (tertiary/aromatic N) is 1. The average Bonchev–Trinajstić information content (AvgIpc) is 2.61. The third-order valence-corrected chi connectivity index (χ3v) is 2.39. The van der Waals surface area contributed by atoms with Gasteiger partial charge in [0.15, 0.2) is 5.76 Å². The number of hydrogen-bond acceptors (Lipinski definition) is 3. The van der Waals surface area contributed by atoms with Crippen LogP contribution in [0.1, 0.15) is 21.6 Å². The van der Waals surface area contributed by atoms with Crippen molar-refractivity contribution in [2.45, 2.75) is 13.8 Å². The first-order valence-corrected chi connectivity index (χ1v) is 4.86. The van der Waals surface area contributed by atoms with Gasteiger partial charge in [0, 0.05) is 5.56 Å². The predicted molar refractivity (Wildman–Crippen MR) is 58.4 cm³/mol. The van der Waals surface area contributed by atoms with Crippen molar-refractivity contribution in [2.75, 3.05) is 0 Å². The molecule has 1 aromatic carbocycles. The Morgan fingerprint density at radius 3 is 2.44 bits per heavy atom. The average molecular weight is 217 g/mol. The summed E-state index contributed by atoms with van der Waals surface area (Å²) in [5.41, 5.74) is 2.35. The minimum absolute atomic E-state index is 0.129. The predicted octanol–water partition coefficient (Wildman–Crippen LogP) is 2.66. The molecule has 0 radical (unpaired) electrons. The molecule has 2 rings (SSSR count). The molecule has 1 aromatic heterocycles. The number of aryl methyl sites for hydroxylation is 2. The molecular formula is C12H11NO3. The summed E-state index contributed by atoms with van der Waals surface area (Å²) in [5, 5.41) is 12.7. The third kappa shape index (κ3) is 1.69. The lowest BCUT2D eigenvalue weighted by molar-refractivity contribution is 0.0696. The quantitative estimate of drug-likeness (QED) is 0.839. The Labute approximate surface area is 92.5 Å². The van der Waals surface area contributed by atoms with Crippen LogP contribution in [-0.4, -0.2) is 16.2 Å². The summed E-state index contributed by atoms with van der Waals surface area (Å²) >= 11 is 0. The van der Waals surface area contributed by atoms with Crippen LogP contribution < -0.4 is 0 Å². The van der Waals surface area contributed by atoms with E-state index in [0.717, 1.165) is 11.1 Å². The highest BCUT2D eigenvalue weighted by atomic mass is 16.5. The maximum absolute atomic E-state index is 11.0. The van der Waals surface area contributed by atoms with Gasteiger partial charge in [-0.25, -0.2) is 4.79 Å². The molecule has 1 heterocycles. The van der Waals surface area contributed by atoms with E-state index in [2.05, 4.69) is 5.16 Å². The van der Waals surface area contributed by atoms with Crippen molar-refractivity contribution in [2.24, 2.45) is 0 Å². The van der Waals surface area contributed by atoms with Gasteiger partial charge in [-0.2, -0.15) is 0 Å². The van der Waals surface area contributed by atoms with Gasteiger partial charge in [0.05, 0.1) is 5.69 Å². The van der Waals surface area contributed by atoms with E-state index in [9.17, 15) is 4.79 Å². The van der Waals surface area contributed by atoms with E-state index < -0.39 is 5.97 Å². The van der Waals surface area contributed by atoms with Crippen LogP contribution in [0.2, 0.25) is 0 Å². The molecule has 0 saturated heterocycles. The number of aromatic nitrogens is 1. The van der Waals surface area contributed by atoms with Gasteiger partial charge < -0.3 is 9.63 Å². The first-order chi connectivity index (χ1) is 7.59. The molecule has 4 heteroatoms. The minimum atomic E-state index is -1.02. The number of aromatic carboxylic acids is 1. The standard InChI is InChI=1S/C12H11NO3/c1-7-3-5-9(6-4-7)11-10(12(14)15)8(2)13-16-11/h3-6H,1-2H3,(H,14,15). The van der Waals surface area contributed by atoms with Gasteiger partial charge in [-0.05, 0) is 13.8 Å². The van der Waals surface area contributed by atoms with E-state index in [4.69, 9.17) is 9.63 Å². The number of carbonyl (C=O) groups is 1. The molecule has 0 unspecified atom stereocenters. The highest BCUT2D eigenvalue weighted by Crippen LogP contribution is 2.26. The monoisotopic (exact) mass is 217 g/mol. The van der Waals surface area contributed by atoms with Crippen LogP contribution in [0.3, 0.4) is 0 Å². The second kappa shape index (κ2) is 3.81. The van der Waals surface area contributed by atoms with Crippen molar-refractivity contribution < 1.29 is 14.4 Å². The topological polar surface area (TPSA) is 63.3 Å². The zero-order valence-corrected chi connectivity index (χ0v) is 9.02. The van der Waals surface area contributed by atoms with Crippen molar-refractivity contribution in [3.05, 3.63) is 41.1 Å². The van der Waals surface area contributed by atoms with Gasteiger partial charge in [-0.1, -0.05) is 35.0 Å². The molecular weight excluding hydrogens is 206 g/mol. The van der Waals surface area contributed by atoms with E-state index in [1.54, 1.807) is 6.92 Å². The summed E-state index contributed by atoms with van der Waals surface area (Å²) in [6.45, 7) is 3.58. The van der Waals surface area contributed by atoms with Crippen molar-refractivity contribution in [3.63, 3.8) is 0 Å². The van der Waals surface area contributed by atoms with Crippen molar-refractivity contribution in [1.82, 2.24) is 5.16 Å². The third-order valence-electron chi connectivity index (χ3n) is 2.39. The Bertz CT molecular complexity index is 526. The molecule has 16 heavy (non-hydrogen) atoms. The van der Waals surface area contributed by atoms with Gasteiger partial charge in [-0.15, -0.1) is 0 Å². The first-order valence-electron chi connectivity index (χ1n) is 4.86. The van der Waals surface area contributed by atoms with E-state index >= 15 is 0 Å². The number of carboxylic acid groups (broad SMARTS) is 1. The largest absolute Gasteiger partial charge is 0.477 e. The molecule has 0 fully saturated rings. The Morgan fingerprint density at radius 2 is 1.88 bits per heavy atom. The molecule has 0 amide bonds. The molecule has 1 N–H and O–H groups in total. The first kappa shape index (κ1) is 10.4. The second-order valence-electron chi connectivity index (χ2n) is 3.64. The fraction of sp³-hybridized carbons (Fsp3) is 0.167. The zero-order chi connectivity index (χ0) is 11.7. The smallest absolute Gasteiger partial charge is 0.341 e. The van der Waals surface area contributed by atoms with Crippen LogP contribution in [0.15, 0.2) is 28.8 Å². The van der Waals surface area contributed by atoms with Crippen LogP contribution >= 0.6 is 0 Å². The Morgan fingerprint density at radius 1 is 1.25 bits per heavy atom. The molecule has 0 spiro atoms. The molecule has 4 nitrogen and oxygen atoms in total. The minimum Gasteiger partial charge on any atom is -0.477 e. The van der Waals surface area contributed by atoms with Gasteiger partial charge in [0.2, 0.25) is 0 Å². The van der Waals surface area contributed by atoms with E-state index in [-0.39, 0.29) is 5.56 Å². The van der Waals surface area contributed by atoms with Crippen molar-refractivity contribution in [3.8, 4) is 11.3 Å². The summed E-state index contributed by atoms with van der Waals surface area (Å²) < 4.78 is 5.05.